The smallest absolute Gasteiger partial charge is 0.258 e. The molecule has 2 aromatic rings. The van der Waals surface area contributed by atoms with E-state index in [1.807, 2.05) is 12.3 Å². The number of nitrogens with two attached hydrogens (primary N) is 1. The van der Waals surface area contributed by atoms with E-state index >= 15 is 0 Å². The third-order valence-electron chi connectivity index (χ3n) is 2.31. The molecule has 2 rings (SSSR count). The number of anilines is 1. The minimum absolute atomic E-state index is 0.294. The molecule has 0 aliphatic heterocycles. The molecule has 0 amide bonds. The van der Waals surface area contributed by atoms with Crippen LogP contribution in [-0.2, 0) is 6.54 Å². The number of hydrogen-bond donors (Lipinski definition) is 2. The number of hydrazine groups is 1. The molecule has 19 heavy (non-hydrogen) atoms. The van der Waals surface area contributed by atoms with Crippen molar-refractivity contribution >= 4 is 5.82 Å². The van der Waals surface area contributed by atoms with Gasteiger partial charge in [0.05, 0.1) is 12.4 Å². The molecular weight excluding hydrogens is 256 g/mol. The predicted octanol–water partition coefficient (Wildman–Crippen LogP) is 2.04. The number of pyridine rings is 1. The van der Waals surface area contributed by atoms with Crippen molar-refractivity contribution in [2.75, 3.05) is 5.43 Å². The molecule has 0 unspecified atom stereocenters. The van der Waals surface area contributed by atoms with Gasteiger partial charge in [-0.25, -0.2) is 14.6 Å². The molecule has 0 bridgehead atoms. The van der Waals surface area contributed by atoms with Gasteiger partial charge in [-0.3, -0.25) is 4.68 Å². The molecule has 0 spiro atoms. The maximum atomic E-state index is 13.5. The van der Waals surface area contributed by atoms with Crippen molar-refractivity contribution in [1.82, 2.24) is 14.8 Å². The maximum Gasteiger partial charge on any atom is 0.258 e. The number of aromatic nitrogens is 3. The summed E-state index contributed by atoms with van der Waals surface area (Å²) in [7, 11) is 0. The number of nitrogens with zero attached hydrogens (tertiary/aromatic N) is 3. The van der Waals surface area contributed by atoms with E-state index in [9.17, 15) is 8.78 Å². The lowest BCUT2D eigenvalue weighted by Gasteiger charge is -2.06. The number of aryl methyl sites for hydroxylation is 1. The molecular formula is C11H13F2N5O. The highest BCUT2D eigenvalue weighted by molar-refractivity contribution is 5.39. The molecule has 102 valence electrons. The van der Waals surface area contributed by atoms with Crippen molar-refractivity contribution < 1.29 is 13.5 Å². The minimum Gasteiger partial charge on any atom is -0.433 e. The van der Waals surface area contributed by atoms with E-state index in [-0.39, 0.29) is 11.7 Å². The summed E-state index contributed by atoms with van der Waals surface area (Å²) in [4.78, 5) is 3.60. The maximum absolute atomic E-state index is 13.5. The van der Waals surface area contributed by atoms with Crippen LogP contribution in [0, 0.1) is 11.6 Å². The number of rotatable bonds is 5. The highest BCUT2D eigenvalue weighted by Gasteiger charge is 2.13. The molecule has 0 atom stereocenters. The monoisotopic (exact) mass is 269 g/mol. The normalized spacial score (nSPS) is 10.5. The predicted molar refractivity (Wildman–Crippen MR) is 64.6 cm³/mol. The highest BCUT2D eigenvalue weighted by Crippen LogP contribution is 2.25. The summed E-state index contributed by atoms with van der Waals surface area (Å²) in [6.45, 7) is 2.72. The summed E-state index contributed by atoms with van der Waals surface area (Å²) >= 11 is 0. The molecule has 2 aromatic heterocycles. The number of ether oxygens (including phenoxy) is 1. The lowest BCUT2D eigenvalue weighted by Crippen LogP contribution is -2.11. The molecule has 8 heteroatoms. The van der Waals surface area contributed by atoms with Gasteiger partial charge < -0.3 is 10.2 Å². The minimum atomic E-state index is -0.917. The van der Waals surface area contributed by atoms with Crippen molar-refractivity contribution in [3.63, 3.8) is 0 Å². The molecule has 0 aliphatic rings. The van der Waals surface area contributed by atoms with Gasteiger partial charge in [0.15, 0.2) is 23.2 Å². The lowest BCUT2D eigenvalue weighted by atomic mass is 10.4. The molecule has 0 radical (unpaired) electrons. The van der Waals surface area contributed by atoms with Crippen molar-refractivity contribution in [3.8, 4) is 11.6 Å². The average molecular weight is 269 g/mol. The average Bonchev–Trinajstić information content (AvgIpc) is 2.81. The fourth-order valence-electron chi connectivity index (χ4n) is 1.48. The number of nitrogen functional groups attached to an aromatic ring is 1. The number of halogens is 2. The zero-order valence-corrected chi connectivity index (χ0v) is 10.2. The zero-order valence-electron chi connectivity index (χ0n) is 10.2. The first-order chi connectivity index (χ1) is 9.13. The Balaban J connectivity index is 2.22. The van der Waals surface area contributed by atoms with Crippen LogP contribution < -0.4 is 16.0 Å². The van der Waals surface area contributed by atoms with Crippen LogP contribution in [-0.4, -0.2) is 14.8 Å². The van der Waals surface area contributed by atoms with Crippen molar-refractivity contribution in [3.05, 3.63) is 30.1 Å². The summed E-state index contributed by atoms with van der Waals surface area (Å²) in [6, 6.07) is 0.647. The van der Waals surface area contributed by atoms with E-state index in [4.69, 9.17) is 10.6 Å². The van der Waals surface area contributed by atoms with Crippen LogP contribution in [0.2, 0.25) is 0 Å². The number of hydrogen-bond acceptors (Lipinski definition) is 5. The highest BCUT2D eigenvalue weighted by atomic mass is 19.1. The van der Waals surface area contributed by atoms with Gasteiger partial charge in [0.25, 0.3) is 5.88 Å². The Bertz CT molecular complexity index is 572. The van der Waals surface area contributed by atoms with Crippen LogP contribution in [0.25, 0.3) is 0 Å². The lowest BCUT2D eigenvalue weighted by molar-refractivity contribution is 0.417. The second-order valence-corrected chi connectivity index (χ2v) is 3.79. The van der Waals surface area contributed by atoms with Crippen LogP contribution in [0.4, 0.5) is 14.6 Å². The van der Waals surface area contributed by atoms with Gasteiger partial charge in [-0.2, -0.15) is 10.1 Å². The van der Waals surface area contributed by atoms with E-state index < -0.39 is 11.6 Å². The summed E-state index contributed by atoms with van der Waals surface area (Å²) in [6.07, 6.45) is 3.94. The summed E-state index contributed by atoms with van der Waals surface area (Å²) in [5.41, 5.74) is 2.02. The molecule has 0 saturated carbocycles. The Kier molecular flexibility index (Phi) is 3.91. The molecule has 6 nitrogen and oxygen atoms in total. The van der Waals surface area contributed by atoms with Gasteiger partial charge >= 0.3 is 0 Å². The first kappa shape index (κ1) is 13.2. The zero-order chi connectivity index (χ0) is 13.8. The topological polar surface area (TPSA) is 78.0 Å². The summed E-state index contributed by atoms with van der Waals surface area (Å²) < 4.78 is 33.5. The molecule has 0 aliphatic carbocycles. The van der Waals surface area contributed by atoms with Crippen LogP contribution in [0.5, 0.6) is 11.6 Å². The van der Waals surface area contributed by atoms with Crippen LogP contribution in [0.1, 0.15) is 13.3 Å². The van der Waals surface area contributed by atoms with Gasteiger partial charge in [0.2, 0.25) is 0 Å². The van der Waals surface area contributed by atoms with Gasteiger partial charge in [0, 0.05) is 12.6 Å². The molecule has 0 fully saturated rings. The Morgan fingerprint density at radius 2 is 2.21 bits per heavy atom. The second-order valence-electron chi connectivity index (χ2n) is 3.79. The summed E-state index contributed by atoms with van der Waals surface area (Å²) in [5.74, 6) is 2.90. The Hall–Kier alpha value is -2.22. The van der Waals surface area contributed by atoms with Gasteiger partial charge in [-0.1, -0.05) is 6.92 Å². The fourth-order valence-corrected chi connectivity index (χ4v) is 1.48. The fraction of sp³-hybridized carbons (Fsp3) is 0.273. The Labute approximate surface area is 108 Å². The first-order valence-corrected chi connectivity index (χ1v) is 5.67. The van der Waals surface area contributed by atoms with Crippen molar-refractivity contribution in [2.24, 2.45) is 5.84 Å². The van der Waals surface area contributed by atoms with Crippen LogP contribution in [0.3, 0.4) is 0 Å². The van der Waals surface area contributed by atoms with Crippen molar-refractivity contribution in [2.45, 2.75) is 19.9 Å². The molecule has 0 saturated heterocycles. The molecule has 0 aromatic carbocycles. The quantitative estimate of drug-likeness (QED) is 0.641. The first-order valence-electron chi connectivity index (χ1n) is 5.67. The Morgan fingerprint density at radius 3 is 2.89 bits per heavy atom. The Morgan fingerprint density at radius 1 is 1.42 bits per heavy atom. The van der Waals surface area contributed by atoms with Crippen LogP contribution >= 0.6 is 0 Å². The second kappa shape index (κ2) is 5.61. The van der Waals surface area contributed by atoms with Crippen LogP contribution in [0.15, 0.2) is 18.5 Å². The molecule has 2 heterocycles. The SMILES string of the molecule is CCCn1cc(Oc2nc(NN)c(F)cc2F)cn1. The third-order valence-corrected chi connectivity index (χ3v) is 2.31. The molecule has 3 N–H and O–H groups in total. The van der Waals surface area contributed by atoms with E-state index in [1.165, 1.54) is 6.20 Å². The van der Waals surface area contributed by atoms with E-state index in [2.05, 4.69) is 10.1 Å². The van der Waals surface area contributed by atoms with E-state index in [1.54, 1.807) is 10.9 Å². The summed E-state index contributed by atoms with van der Waals surface area (Å²) in [5, 5.41) is 4.02. The van der Waals surface area contributed by atoms with Gasteiger partial charge in [0.1, 0.15) is 0 Å². The van der Waals surface area contributed by atoms with E-state index in [0.717, 1.165) is 13.0 Å². The van der Waals surface area contributed by atoms with Gasteiger partial charge in [-0.05, 0) is 6.42 Å². The third kappa shape index (κ3) is 2.97. The van der Waals surface area contributed by atoms with Gasteiger partial charge in [-0.15, -0.1) is 0 Å². The van der Waals surface area contributed by atoms with Crippen molar-refractivity contribution in [1.29, 1.82) is 0 Å². The standard InChI is InChI=1S/C11H13F2N5O/c1-2-3-18-6-7(5-15-18)19-11-9(13)4-8(12)10(16-11)17-14/h4-6H,2-3,14H2,1H3,(H,16,17). The van der Waals surface area contributed by atoms with E-state index in [0.29, 0.717) is 11.8 Å². The number of nitrogens with one attached hydrogen (secondary N) is 1. The largest absolute Gasteiger partial charge is 0.433 e.